The van der Waals surface area contributed by atoms with E-state index in [-0.39, 0.29) is 25.3 Å². The third-order valence-electron chi connectivity index (χ3n) is 4.41. The minimum absolute atomic E-state index is 0.109. The zero-order chi connectivity index (χ0) is 15.3. The minimum Gasteiger partial charge on any atom is -0.492 e. The van der Waals surface area contributed by atoms with Gasteiger partial charge in [0, 0.05) is 18.6 Å². The minimum atomic E-state index is -0.677. The molecule has 1 aromatic rings. The molecular formula is C15H16BrNO5. The fourth-order valence-corrected chi connectivity index (χ4v) is 3.88. The Hall–Kier alpha value is -1.31. The average Bonchev–Trinajstić information content (AvgIpc) is 3.00. The number of hydrogen-bond donors (Lipinski definition) is 1. The van der Waals surface area contributed by atoms with Gasteiger partial charge in [-0.15, -0.1) is 0 Å². The van der Waals surface area contributed by atoms with Gasteiger partial charge in [0.05, 0.1) is 35.4 Å². The molecule has 0 spiro atoms. The predicted octanol–water partition coefficient (Wildman–Crippen LogP) is 1.33. The molecule has 0 aliphatic carbocycles. The number of benzene rings is 1. The van der Waals surface area contributed by atoms with Gasteiger partial charge in [0.1, 0.15) is 11.5 Å². The number of aliphatic hydroxyl groups is 1. The van der Waals surface area contributed by atoms with Crippen LogP contribution in [0.3, 0.4) is 0 Å². The van der Waals surface area contributed by atoms with Crippen LogP contribution in [0.2, 0.25) is 0 Å². The van der Waals surface area contributed by atoms with Crippen LogP contribution < -0.4 is 9.47 Å². The molecule has 0 radical (unpaired) electrons. The number of carbonyl (C=O) groups excluding carboxylic acids is 1. The lowest BCUT2D eigenvalue weighted by atomic mass is 10.00. The van der Waals surface area contributed by atoms with E-state index < -0.39 is 6.10 Å². The van der Waals surface area contributed by atoms with Gasteiger partial charge in [-0.1, -0.05) is 0 Å². The molecule has 0 bridgehead atoms. The molecule has 1 aromatic carbocycles. The summed E-state index contributed by atoms with van der Waals surface area (Å²) in [6, 6.07) is 1.48. The summed E-state index contributed by atoms with van der Waals surface area (Å²) < 4.78 is 17.4. The fourth-order valence-electron chi connectivity index (χ4n) is 3.30. The Labute approximate surface area is 136 Å². The van der Waals surface area contributed by atoms with Crippen molar-refractivity contribution in [2.75, 3.05) is 26.6 Å². The Balaban J connectivity index is 1.70. The normalized spacial score (nSPS) is 27.0. The maximum Gasteiger partial charge on any atom is 0.260 e. The fraction of sp³-hybridized carbons (Fsp3) is 0.533. The molecule has 118 valence electrons. The molecule has 4 rings (SSSR count). The summed E-state index contributed by atoms with van der Waals surface area (Å²) in [5.74, 6) is 1.28. The second-order valence-corrected chi connectivity index (χ2v) is 6.54. The molecule has 0 unspecified atom stereocenters. The molecule has 1 N–H and O–H groups in total. The van der Waals surface area contributed by atoms with Crippen LogP contribution in [0.25, 0.3) is 0 Å². The first-order valence-corrected chi connectivity index (χ1v) is 8.14. The summed E-state index contributed by atoms with van der Waals surface area (Å²) in [4.78, 5) is 14.4. The number of nitrogens with zero attached hydrogens (tertiary/aromatic N) is 1. The van der Waals surface area contributed by atoms with Crippen LogP contribution in [0.5, 0.6) is 11.5 Å². The first-order valence-electron chi connectivity index (χ1n) is 7.34. The molecule has 0 saturated carbocycles. The topological polar surface area (TPSA) is 68.2 Å². The van der Waals surface area contributed by atoms with E-state index in [4.69, 9.17) is 14.2 Å². The summed E-state index contributed by atoms with van der Waals surface area (Å²) in [6.07, 6.45) is 0.675. The largest absolute Gasteiger partial charge is 0.492 e. The number of carbonyl (C=O) groups is 1. The summed E-state index contributed by atoms with van der Waals surface area (Å²) in [6.45, 7) is 1.55. The number of rotatable bonds is 1. The van der Waals surface area contributed by atoms with E-state index >= 15 is 0 Å². The standard InChI is InChI=1S/C15H16BrNO5/c16-10-5-9-13(8-1-4-21-14(8)10)22-7-17(15(9)19)11-2-3-20-6-12(11)18/h5,11-12,18H,1-4,6-7H2/t11-,12-/m0/s1. The maximum absolute atomic E-state index is 12.8. The maximum atomic E-state index is 12.8. The number of hydrogen-bond acceptors (Lipinski definition) is 5. The van der Waals surface area contributed by atoms with Crippen LogP contribution in [0.1, 0.15) is 22.3 Å². The lowest BCUT2D eigenvalue weighted by Crippen LogP contribution is -2.54. The quantitative estimate of drug-likeness (QED) is 0.808. The summed E-state index contributed by atoms with van der Waals surface area (Å²) in [7, 11) is 0. The Bertz CT molecular complexity index is 635. The van der Waals surface area contributed by atoms with Crippen molar-refractivity contribution >= 4 is 21.8 Å². The SMILES string of the molecule is O=C1c2cc(Br)c3c(c2OCN1[C@H]1CCOC[C@@H]1O)CCO3. The van der Waals surface area contributed by atoms with Gasteiger partial charge in [0.15, 0.2) is 6.73 Å². The Morgan fingerprint density at radius 2 is 2.14 bits per heavy atom. The predicted molar refractivity (Wildman–Crippen MR) is 80.2 cm³/mol. The van der Waals surface area contributed by atoms with Crippen LogP contribution in [0, 0.1) is 0 Å². The Morgan fingerprint density at radius 1 is 1.27 bits per heavy atom. The van der Waals surface area contributed by atoms with Crippen molar-refractivity contribution in [1.29, 1.82) is 0 Å². The van der Waals surface area contributed by atoms with Crippen molar-refractivity contribution in [3.63, 3.8) is 0 Å². The van der Waals surface area contributed by atoms with E-state index in [1.165, 1.54) is 0 Å². The van der Waals surface area contributed by atoms with E-state index in [2.05, 4.69) is 15.9 Å². The number of halogens is 1. The van der Waals surface area contributed by atoms with Crippen molar-refractivity contribution in [1.82, 2.24) is 4.90 Å². The van der Waals surface area contributed by atoms with Gasteiger partial charge >= 0.3 is 0 Å². The monoisotopic (exact) mass is 369 g/mol. The lowest BCUT2D eigenvalue weighted by molar-refractivity contribution is -0.0714. The molecule has 3 heterocycles. The third kappa shape index (κ3) is 2.11. The number of aliphatic hydroxyl groups excluding tert-OH is 1. The zero-order valence-electron chi connectivity index (χ0n) is 11.9. The smallest absolute Gasteiger partial charge is 0.260 e. The molecule has 7 heteroatoms. The molecule has 22 heavy (non-hydrogen) atoms. The lowest BCUT2D eigenvalue weighted by Gasteiger charge is -2.39. The number of amides is 1. The molecule has 1 amide bonds. The Kier molecular flexibility index (Phi) is 3.51. The summed E-state index contributed by atoms with van der Waals surface area (Å²) >= 11 is 3.46. The summed E-state index contributed by atoms with van der Waals surface area (Å²) in [5, 5.41) is 10.1. The number of ether oxygens (including phenoxy) is 3. The van der Waals surface area contributed by atoms with E-state index in [1.807, 2.05) is 0 Å². The van der Waals surface area contributed by atoms with Crippen molar-refractivity contribution in [2.24, 2.45) is 0 Å². The molecule has 6 nitrogen and oxygen atoms in total. The average molecular weight is 370 g/mol. The van der Waals surface area contributed by atoms with Crippen LogP contribution in [-0.2, 0) is 11.2 Å². The second-order valence-electron chi connectivity index (χ2n) is 5.69. The van der Waals surface area contributed by atoms with Crippen molar-refractivity contribution in [3.8, 4) is 11.5 Å². The zero-order valence-corrected chi connectivity index (χ0v) is 13.5. The van der Waals surface area contributed by atoms with Crippen LogP contribution in [0.15, 0.2) is 10.5 Å². The molecule has 3 aliphatic heterocycles. The van der Waals surface area contributed by atoms with Gasteiger partial charge in [0.25, 0.3) is 5.91 Å². The van der Waals surface area contributed by atoms with Gasteiger partial charge in [0.2, 0.25) is 0 Å². The third-order valence-corrected chi connectivity index (χ3v) is 5.00. The van der Waals surface area contributed by atoms with E-state index in [9.17, 15) is 9.90 Å². The van der Waals surface area contributed by atoms with E-state index in [0.29, 0.717) is 30.9 Å². The first-order chi connectivity index (χ1) is 10.7. The van der Waals surface area contributed by atoms with Crippen LogP contribution in [-0.4, -0.2) is 54.6 Å². The van der Waals surface area contributed by atoms with Gasteiger partial charge in [-0.3, -0.25) is 9.69 Å². The highest BCUT2D eigenvalue weighted by molar-refractivity contribution is 9.10. The molecule has 2 atom stereocenters. The highest BCUT2D eigenvalue weighted by Gasteiger charge is 2.39. The highest BCUT2D eigenvalue weighted by atomic mass is 79.9. The molecule has 1 fully saturated rings. The molecular weight excluding hydrogens is 354 g/mol. The molecule has 0 aromatic heterocycles. The van der Waals surface area contributed by atoms with Gasteiger partial charge in [-0.2, -0.15) is 0 Å². The van der Waals surface area contributed by atoms with Crippen LogP contribution in [0.4, 0.5) is 0 Å². The van der Waals surface area contributed by atoms with Gasteiger partial charge in [-0.25, -0.2) is 0 Å². The number of fused-ring (bicyclic) bond motifs is 3. The van der Waals surface area contributed by atoms with Crippen LogP contribution >= 0.6 is 15.9 Å². The molecule has 1 saturated heterocycles. The van der Waals surface area contributed by atoms with Gasteiger partial charge in [-0.05, 0) is 28.4 Å². The molecule has 3 aliphatic rings. The van der Waals surface area contributed by atoms with Gasteiger partial charge < -0.3 is 19.3 Å². The first kappa shape index (κ1) is 14.3. The van der Waals surface area contributed by atoms with Crippen molar-refractivity contribution < 1.29 is 24.1 Å². The van der Waals surface area contributed by atoms with Crippen molar-refractivity contribution in [2.45, 2.75) is 25.0 Å². The van der Waals surface area contributed by atoms with Crippen molar-refractivity contribution in [3.05, 3.63) is 21.7 Å². The second kappa shape index (κ2) is 5.40. The van der Waals surface area contributed by atoms with E-state index in [1.54, 1.807) is 11.0 Å². The van der Waals surface area contributed by atoms with E-state index in [0.717, 1.165) is 22.2 Å². The Morgan fingerprint density at radius 3 is 2.95 bits per heavy atom. The highest BCUT2D eigenvalue weighted by Crippen LogP contribution is 2.44. The summed E-state index contributed by atoms with van der Waals surface area (Å²) in [5.41, 5.74) is 1.48.